The SMILES string of the molecule is OC(CSc1ccccc1F)Cc1cccc(F)c1F. The van der Waals surface area contributed by atoms with Gasteiger partial charge in [-0.2, -0.15) is 0 Å². The smallest absolute Gasteiger partial charge is 0.162 e. The number of thioether (sulfide) groups is 1. The van der Waals surface area contributed by atoms with E-state index in [1.165, 1.54) is 18.2 Å². The van der Waals surface area contributed by atoms with E-state index in [4.69, 9.17) is 0 Å². The Labute approximate surface area is 119 Å². The van der Waals surface area contributed by atoms with Crippen molar-refractivity contribution in [3.8, 4) is 0 Å². The van der Waals surface area contributed by atoms with Crippen LogP contribution in [0.1, 0.15) is 5.56 Å². The fourth-order valence-corrected chi connectivity index (χ4v) is 2.64. The lowest BCUT2D eigenvalue weighted by Gasteiger charge is -2.11. The van der Waals surface area contributed by atoms with E-state index in [1.807, 2.05) is 0 Å². The quantitative estimate of drug-likeness (QED) is 0.847. The average Bonchev–Trinajstić information content (AvgIpc) is 2.43. The molecule has 0 fully saturated rings. The summed E-state index contributed by atoms with van der Waals surface area (Å²) in [6.07, 6.45) is -0.888. The van der Waals surface area contributed by atoms with Gasteiger partial charge in [0, 0.05) is 17.1 Å². The first kappa shape index (κ1) is 14.9. The predicted molar refractivity (Wildman–Crippen MR) is 73.2 cm³/mol. The number of hydrogen-bond donors (Lipinski definition) is 1. The van der Waals surface area contributed by atoms with E-state index in [9.17, 15) is 18.3 Å². The molecule has 0 saturated heterocycles. The Morgan fingerprint density at radius 2 is 1.65 bits per heavy atom. The first-order chi connectivity index (χ1) is 9.58. The van der Waals surface area contributed by atoms with Gasteiger partial charge < -0.3 is 5.11 Å². The lowest BCUT2D eigenvalue weighted by atomic mass is 10.1. The topological polar surface area (TPSA) is 20.2 Å². The van der Waals surface area contributed by atoms with Gasteiger partial charge in [0.25, 0.3) is 0 Å². The molecule has 0 saturated carbocycles. The maximum absolute atomic E-state index is 13.4. The minimum absolute atomic E-state index is 0.00888. The largest absolute Gasteiger partial charge is 0.392 e. The van der Waals surface area contributed by atoms with E-state index in [2.05, 4.69) is 0 Å². The molecule has 0 bridgehead atoms. The summed E-state index contributed by atoms with van der Waals surface area (Å²) in [6.45, 7) is 0. The molecular formula is C15H13F3OS. The van der Waals surface area contributed by atoms with E-state index in [0.29, 0.717) is 4.90 Å². The van der Waals surface area contributed by atoms with Crippen LogP contribution in [-0.2, 0) is 6.42 Å². The van der Waals surface area contributed by atoms with Crippen molar-refractivity contribution in [1.82, 2.24) is 0 Å². The van der Waals surface area contributed by atoms with Crippen molar-refractivity contribution in [2.45, 2.75) is 17.4 Å². The number of aliphatic hydroxyl groups is 1. The van der Waals surface area contributed by atoms with Crippen molar-refractivity contribution >= 4 is 11.8 Å². The molecule has 0 aliphatic heterocycles. The third-order valence-electron chi connectivity index (χ3n) is 2.75. The van der Waals surface area contributed by atoms with Crippen molar-refractivity contribution in [2.24, 2.45) is 0 Å². The van der Waals surface area contributed by atoms with Gasteiger partial charge in [-0.05, 0) is 23.8 Å². The first-order valence-electron chi connectivity index (χ1n) is 6.06. The van der Waals surface area contributed by atoms with E-state index in [-0.39, 0.29) is 23.6 Å². The van der Waals surface area contributed by atoms with Gasteiger partial charge in [0.15, 0.2) is 11.6 Å². The molecule has 1 unspecified atom stereocenters. The number of hydrogen-bond acceptors (Lipinski definition) is 2. The van der Waals surface area contributed by atoms with Gasteiger partial charge in [0.05, 0.1) is 6.10 Å². The first-order valence-corrected chi connectivity index (χ1v) is 7.04. The van der Waals surface area contributed by atoms with Crippen LogP contribution in [-0.4, -0.2) is 17.0 Å². The zero-order valence-electron chi connectivity index (χ0n) is 10.5. The summed E-state index contributed by atoms with van der Waals surface area (Å²) in [5.41, 5.74) is 0.117. The summed E-state index contributed by atoms with van der Waals surface area (Å²) in [5, 5.41) is 9.84. The van der Waals surface area contributed by atoms with Gasteiger partial charge in [0.1, 0.15) is 5.82 Å². The van der Waals surface area contributed by atoms with Gasteiger partial charge in [-0.15, -0.1) is 11.8 Å². The molecule has 0 heterocycles. The summed E-state index contributed by atoms with van der Waals surface area (Å²) < 4.78 is 39.8. The Balaban J connectivity index is 1.94. The Morgan fingerprint density at radius 3 is 2.40 bits per heavy atom. The zero-order chi connectivity index (χ0) is 14.5. The van der Waals surface area contributed by atoms with E-state index in [0.717, 1.165) is 17.8 Å². The van der Waals surface area contributed by atoms with Gasteiger partial charge in [-0.25, -0.2) is 13.2 Å². The minimum atomic E-state index is -0.942. The monoisotopic (exact) mass is 298 g/mol. The second-order valence-electron chi connectivity index (χ2n) is 4.31. The van der Waals surface area contributed by atoms with Crippen LogP contribution in [0, 0.1) is 17.5 Å². The van der Waals surface area contributed by atoms with Crippen molar-refractivity contribution in [1.29, 1.82) is 0 Å². The van der Waals surface area contributed by atoms with Gasteiger partial charge in [-0.1, -0.05) is 24.3 Å². The van der Waals surface area contributed by atoms with Gasteiger partial charge >= 0.3 is 0 Å². The minimum Gasteiger partial charge on any atom is -0.392 e. The van der Waals surface area contributed by atoms with Crippen molar-refractivity contribution in [2.75, 3.05) is 5.75 Å². The molecule has 0 aromatic heterocycles. The highest BCUT2D eigenvalue weighted by atomic mass is 32.2. The molecular weight excluding hydrogens is 285 g/mol. The molecule has 1 atom stereocenters. The third-order valence-corrected chi connectivity index (χ3v) is 3.95. The van der Waals surface area contributed by atoms with Crippen LogP contribution >= 0.6 is 11.8 Å². The molecule has 106 valence electrons. The molecule has 2 rings (SSSR count). The second-order valence-corrected chi connectivity index (χ2v) is 5.37. The van der Waals surface area contributed by atoms with Crippen molar-refractivity contribution < 1.29 is 18.3 Å². The lowest BCUT2D eigenvalue weighted by Crippen LogP contribution is -2.15. The van der Waals surface area contributed by atoms with Crippen LogP contribution < -0.4 is 0 Å². The fourth-order valence-electron chi connectivity index (χ4n) is 1.77. The zero-order valence-corrected chi connectivity index (χ0v) is 11.3. The van der Waals surface area contributed by atoms with Gasteiger partial charge in [-0.3, -0.25) is 0 Å². The van der Waals surface area contributed by atoms with Crippen molar-refractivity contribution in [3.63, 3.8) is 0 Å². The molecule has 0 amide bonds. The van der Waals surface area contributed by atoms with E-state index < -0.39 is 17.7 Å². The number of halogens is 3. The molecule has 0 aliphatic rings. The molecule has 2 aromatic carbocycles. The van der Waals surface area contributed by atoms with Crippen LogP contribution in [0.15, 0.2) is 47.4 Å². The molecule has 0 aliphatic carbocycles. The summed E-state index contributed by atoms with van der Waals surface area (Å²) >= 11 is 1.14. The fraction of sp³-hybridized carbons (Fsp3) is 0.200. The molecule has 5 heteroatoms. The molecule has 1 N–H and O–H groups in total. The van der Waals surface area contributed by atoms with Crippen molar-refractivity contribution in [3.05, 3.63) is 65.5 Å². The molecule has 2 aromatic rings. The standard InChI is InChI=1S/C15H13F3OS/c16-12-5-1-2-7-14(12)20-9-11(19)8-10-4-3-6-13(17)15(10)18/h1-7,11,19H,8-9H2. The maximum atomic E-state index is 13.4. The normalized spacial score (nSPS) is 12.4. The van der Waals surface area contributed by atoms with Crippen LogP contribution in [0.4, 0.5) is 13.2 Å². The number of rotatable bonds is 5. The molecule has 1 nitrogen and oxygen atoms in total. The Bertz CT molecular complexity index is 589. The predicted octanol–water partition coefficient (Wildman–Crippen LogP) is 3.80. The highest BCUT2D eigenvalue weighted by molar-refractivity contribution is 7.99. The summed E-state index contributed by atoms with van der Waals surface area (Å²) in [7, 11) is 0. The van der Waals surface area contributed by atoms with E-state index in [1.54, 1.807) is 18.2 Å². The average molecular weight is 298 g/mol. The van der Waals surface area contributed by atoms with Crippen LogP contribution in [0.3, 0.4) is 0 Å². The maximum Gasteiger partial charge on any atom is 0.162 e. The number of benzene rings is 2. The highest BCUT2D eigenvalue weighted by Gasteiger charge is 2.13. The summed E-state index contributed by atoms with van der Waals surface area (Å²) in [6, 6.07) is 10.1. The van der Waals surface area contributed by atoms with Gasteiger partial charge in [0.2, 0.25) is 0 Å². The highest BCUT2D eigenvalue weighted by Crippen LogP contribution is 2.23. The molecule has 0 radical (unpaired) electrons. The van der Waals surface area contributed by atoms with Crippen LogP contribution in [0.25, 0.3) is 0 Å². The van der Waals surface area contributed by atoms with E-state index >= 15 is 0 Å². The summed E-state index contributed by atoms with van der Waals surface area (Å²) in [4.78, 5) is 0.422. The Morgan fingerprint density at radius 1 is 0.950 bits per heavy atom. The van der Waals surface area contributed by atoms with Crippen LogP contribution in [0.2, 0.25) is 0 Å². The Hall–Kier alpha value is -1.46. The Kier molecular flexibility index (Phi) is 5.09. The summed E-state index contributed by atoms with van der Waals surface area (Å²) in [5.74, 6) is -2.03. The lowest BCUT2D eigenvalue weighted by molar-refractivity contribution is 0.198. The number of aliphatic hydroxyl groups excluding tert-OH is 1. The molecule has 20 heavy (non-hydrogen) atoms. The van der Waals surface area contributed by atoms with Crippen LogP contribution in [0.5, 0.6) is 0 Å². The second kappa shape index (κ2) is 6.81. The third kappa shape index (κ3) is 3.77. The molecule has 0 spiro atoms.